The molecule has 1 saturated heterocycles. The molecule has 0 aromatic heterocycles. The van der Waals surface area contributed by atoms with Gasteiger partial charge in [-0.3, -0.25) is 14.4 Å². The molecular formula is C24H25N3O6. The van der Waals surface area contributed by atoms with Crippen LogP contribution in [-0.4, -0.2) is 55.2 Å². The van der Waals surface area contributed by atoms with Crippen LogP contribution in [-0.2, 0) is 14.4 Å². The number of amides is 3. The number of rotatable bonds is 3. The standard InChI is InChI=1S/C24H25N3O6/c1-15(28)27-13-22(33-19-5-3-2-4-18(19)27)24(30)26-10-8-16(9-11-26)23(29)25-17-6-7-20-21(12-17)32-14-31-20/h2-7,12,16,22H,8-11,13-14H2,1H3,(H,25,29). The Morgan fingerprint density at radius 3 is 2.52 bits per heavy atom. The van der Waals surface area contributed by atoms with Gasteiger partial charge in [0.1, 0.15) is 5.75 Å². The maximum Gasteiger partial charge on any atom is 0.265 e. The summed E-state index contributed by atoms with van der Waals surface area (Å²) in [5.74, 6) is 1.23. The first-order chi connectivity index (χ1) is 16.0. The highest BCUT2D eigenvalue weighted by Crippen LogP contribution is 2.35. The van der Waals surface area contributed by atoms with Crippen LogP contribution in [0.15, 0.2) is 42.5 Å². The predicted molar refractivity (Wildman–Crippen MR) is 119 cm³/mol. The molecule has 5 rings (SSSR count). The Hall–Kier alpha value is -3.75. The molecular weight excluding hydrogens is 426 g/mol. The number of anilines is 2. The molecule has 2 aromatic carbocycles. The summed E-state index contributed by atoms with van der Waals surface area (Å²) < 4.78 is 16.6. The molecule has 3 aliphatic rings. The first kappa shape index (κ1) is 21.1. The average molecular weight is 451 g/mol. The number of ether oxygens (including phenoxy) is 3. The monoisotopic (exact) mass is 451 g/mol. The van der Waals surface area contributed by atoms with Gasteiger partial charge in [-0.05, 0) is 37.1 Å². The first-order valence-corrected chi connectivity index (χ1v) is 11.0. The van der Waals surface area contributed by atoms with Gasteiger partial charge in [-0.25, -0.2) is 0 Å². The molecule has 3 amide bonds. The Kier molecular flexibility index (Phi) is 5.53. The molecule has 0 spiro atoms. The average Bonchev–Trinajstić information content (AvgIpc) is 3.31. The van der Waals surface area contributed by atoms with Gasteiger partial charge in [-0.1, -0.05) is 12.1 Å². The summed E-state index contributed by atoms with van der Waals surface area (Å²) in [6.07, 6.45) is 0.354. The van der Waals surface area contributed by atoms with E-state index in [9.17, 15) is 14.4 Å². The van der Waals surface area contributed by atoms with Gasteiger partial charge in [0.05, 0.1) is 12.2 Å². The van der Waals surface area contributed by atoms with Gasteiger partial charge in [0, 0.05) is 37.7 Å². The molecule has 1 fully saturated rings. The highest BCUT2D eigenvalue weighted by atomic mass is 16.7. The van der Waals surface area contributed by atoms with Gasteiger partial charge in [0.2, 0.25) is 18.6 Å². The summed E-state index contributed by atoms with van der Waals surface area (Å²) in [5, 5.41) is 2.93. The van der Waals surface area contributed by atoms with Crippen molar-refractivity contribution in [3.05, 3.63) is 42.5 Å². The van der Waals surface area contributed by atoms with Crippen LogP contribution < -0.4 is 24.4 Å². The molecule has 33 heavy (non-hydrogen) atoms. The Morgan fingerprint density at radius 1 is 0.970 bits per heavy atom. The van der Waals surface area contributed by atoms with E-state index >= 15 is 0 Å². The van der Waals surface area contributed by atoms with E-state index < -0.39 is 6.10 Å². The second-order valence-corrected chi connectivity index (χ2v) is 8.36. The van der Waals surface area contributed by atoms with Crippen LogP contribution in [0.4, 0.5) is 11.4 Å². The van der Waals surface area contributed by atoms with Gasteiger partial charge in [0.15, 0.2) is 17.6 Å². The van der Waals surface area contributed by atoms with Crippen LogP contribution >= 0.6 is 0 Å². The van der Waals surface area contributed by atoms with Crippen LogP contribution in [0.1, 0.15) is 19.8 Å². The topological polar surface area (TPSA) is 97.4 Å². The van der Waals surface area contributed by atoms with Crippen LogP contribution in [0.2, 0.25) is 0 Å². The second kappa shape index (κ2) is 8.65. The Labute approximate surface area is 191 Å². The van der Waals surface area contributed by atoms with Gasteiger partial charge >= 0.3 is 0 Å². The van der Waals surface area contributed by atoms with Crippen LogP contribution in [0, 0.1) is 5.92 Å². The lowest BCUT2D eigenvalue weighted by atomic mass is 9.95. The smallest absolute Gasteiger partial charge is 0.265 e. The van der Waals surface area contributed by atoms with Gasteiger partial charge < -0.3 is 29.3 Å². The minimum absolute atomic E-state index is 0.0773. The summed E-state index contributed by atoms with van der Waals surface area (Å²) in [5.41, 5.74) is 1.33. The number of piperidine rings is 1. The zero-order chi connectivity index (χ0) is 22.9. The Morgan fingerprint density at radius 2 is 1.73 bits per heavy atom. The molecule has 3 aliphatic heterocycles. The van der Waals surface area contributed by atoms with E-state index in [2.05, 4.69) is 5.32 Å². The van der Waals surface area contributed by atoms with Crippen LogP contribution in [0.25, 0.3) is 0 Å². The minimum Gasteiger partial charge on any atom is -0.476 e. The molecule has 0 saturated carbocycles. The fraction of sp³-hybridized carbons (Fsp3) is 0.375. The number of hydrogen-bond acceptors (Lipinski definition) is 6. The molecule has 0 radical (unpaired) electrons. The quantitative estimate of drug-likeness (QED) is 0.770. The van der Waals surface area contributed by atoms with E-state index in [1.807, 2.05) is 18.2 Å². The number of likely N-dealkylation sites (tertiary alicyclic amines) is 1. The lowest BCUT2D eigenvalue weighted by Crippen LogP contribution is -2.53. The summed E-state index contributed by atoms with van der Waals surface area (Å²) >= 11 is 0. The van der Waals surface area contributed by atoms with E-state index in [0.29, 0.717) is 54.6 Å². The van der Waals surface area contributed by atoms with Crippen LogP contribution in [0.3, 0.4) is 0 Å². The summed E-state index contributed by atoms with van der Waals surface area (Å²) in [7, 11) is 0. The van der Waals surface area contributed by atoms with Gasteiger partial charge in [-0.2, -0.15) is 0 Å². The highest BCUT2D eigenvalue weighted by molar-refractivity contribution is 5.96. The normalized spacial score (nSPS) is 19.5. The maximum absolute atomic E-state index is 13.1. The fourth-order valence-corrected chi connectivity index (χ4v) is 4.45. The largest absolute Gasteiger partial charge is 0.476 e. The molecule has 1 atom stereocenters. The highest BCUT2D eigenvalue weighted by Gasteiger charge is 2.37. The van der Waals surface area contributed by atoms with Crippen molar-refractivity contribution >= 4 is 29.1 Å². The summed E-state index contributed by atoms with van der Waals surface area (Å²) in [4.78, 5) is 41.3. The van der Waals surface area contributed by atoms with E-state index in [1.165, 1.54) is 6.92 Å². The molecule has 0 bridgehead atoms. The predicted octanol–water partition coefficient (Wildman–Crippen LogP) is 2.41. The fourth-order valence-electron chi connectivity index (χ4n) is 4.45. The van der Waals surface area contributed by atoms with Crippen molar-refractivity contribution in [2.45, 2.75) is 25.9 Å². The number of fused-ring (bicyclic) bond motifs is 2. The summed E-state index contributed by atoms with van der Waals surface area (Å²) in [6.45, 7) is 2.75. The van der Waals surface area contributed by atoms with E-state index in [1.54, 1.807) is 34.1 Å². The van der Waals surface area contributed by atoms with Crippen LogP contribution in [0.5, 0.6) is 17.2 Å². The number of carbonyl (C=O) groups is 3. The number of nitrogens with one attached hydrogen (secondary N) is 1. The van der Waals surface area contributed by atoms with Crippen molar-refractivity contribution in [3.63, 3.8) is 0 Å². The van der Waals surface area contributed by atoms with Gasteiger partial charge in [0.25, 0.3) is 5.91 Å². The number of benzene rings is 2. The van der Waals surface area contributed by atoms with Crippen molar-refractivity contribution in [1.29, 1.82) is 0 Å². The number of nitrogens with zero attached hydrogens (tertiary/aromatic N) is 2. The SMILES string of the molecule is CC(=O)N1CC(C(=O)N2CCC(C(=O)Nc3ccc4c(c3)OCO4)CC2)Oc2ccccc21. The van der Waals surface area contributed by atoms with Crippen molar-refractivity contribution < 1.29 is 28.6 Å². The molecule has 1 N–H and O–H groups in total. The van der Waals surface area contributed by atoms with Gasteiger partial charge in [-0.15, -0.1) is 0 Å². The lowest BCUT2D eigenvalue weighted by Gasteiger charge is -2.38. The van der Waals surface area contributed by atoms with Crippen molar-refractivity contribution in [2.24, 2.45) is 5.92 Å². The zero-order valence-electron chi connectivity index (χ0n) is 18.3. The zero-order valence-corrected chi connectivity index (χ0v) is 18.3. The summed E-state index contributed by atoms with van der Waals surface area (Å²) in [6, 6.07) is 12.5. The van der Waals surface area contributed by atoms with Crippen molar-refractivity contribution in [3.8, 4) is 17.2 Å². The third-order valence-electron chi connectivity index (χ3n) is 6.25. The first-order valence-electron chi connectivity index (χ1n) is 11.0. The molecule has 2 aromatic rings. The number of hydrogen-bond donors (Lipinski definition) is 1. The number of carbonyl (C=O) groups excluding carboxylic acids is 3. The lowest BCUT2D eigenvalue weighted by molar-refractivity contribution is -0.141. The molecule has 0 aliphatic carbocycles. The minimum atomic E-state index is -0.761. The van der Waals surface area contributed by atoms with E-state index in [-0.39, 0.29) is 37.0 Å². The van der Waals surface area contributed by atoms with Crippen molar-refractivity contribution in [2.75, 3.05) is 36.6 Å². The third-order valence-corrected chi connectivity index (χ3v) is 6.25. The third kappa shape index (κ3) is 4.18. The molecule has 3 heterocycles. The molecule has 172 valence electrons. The molecule has 1 unspecified atom stereocenters. The Bertz CT molecular complexity index is 1100. The Balaban J connectivity index is 1.18. The maximum atomic E-state index is 13.1. The molecule has 9 nitrogen and oxygen atoms in total. The van der Waals surface area contributed by atoms with Crippen molar-refractivity contribution in [1.82, 2.24) is 4.90 Å². The molecule has 9 heteroatoms. The van der Waals surface area contributed by atoms with E-state index in [4.69, 9.17) is 14.2 Å². The number of para-hydroxylation sites is 2. The van der Waals surface area contributed by atoms with E-state index in [0.717, 1.165) is 0 Å². The second-order valence-electron chi connectivity index (χ2n) is 8.36.